The molecule has 23 heavy (non-hydrogen) atoms. The summed E-state index contributed by atoms with van der Waals surface area (Å²) < 4.78 is 5.94. The molecule has 0 saturated carbocycles. The van der Waals surface area contributed by atoms with Gasteiger partial charge in [-0.05, 0) is 44.5 Å². The van der Waals surface area contributed by atoms with Gasteiger partial charge in [-0.25, -0.2) is 4.99 Å². The van der Waals surface area contributed by atoms with Gasteiger partial charge >= 0.3 is 0 Å². The lowest BCUT2D eigenvalue weighted by Crippen LogP contribution is -2.30. The number of ether oxygens (including phenoxy) is 1. The van der Waals surface area contributed by atoms with E-state index in [1.54, 1.807) is 18.2 Å². The average molecular weight is 308 g/mol. The Bertz CT molecular complexity index is 747. The molecule has 5 nitrogen and oxygen atoms in total. The lowest BCUT2D eigenvalue weighted by Gasteiger charge is -2.30. The van der Waals surface area contributed by atoms with Crippen molar-refractivity contribution in [2.45, 2.75) is 39.7 Å². The average Bonchev–Trinajstić information content (AvgIpc) is 2.52. The van der Waals surface area contributed by atoms with Crippen molar-refractivity contribution in [2.24, 2.45) is 10.9 Å². The molecule has 1 aliphatic rings. The fourth-order valence-electron chi connectivity index (χ4n) is 2.34. The molecular formula is C18H20N4O. The van der Waals surface area contributed by atoms with E-state index < -0.39 is 5.60 Å². The van der Waals surface area contributed by atoms with Gasteiger partial charge in [0.05, 0.1) is 17.3 Å². The van der Waals surface area contributed by atoms with Crippen molar-refractivity contribution in [3.8, 4) is 18.0 Å². The number of rotatable bonds is 3. The minimum Gasteiger partial charge on any atom is -0.483 e. The Hall–Kier alpha value is -2.79. The van der Waals surface area contributed by atoms with Crippen LogP contribution < -0.4 is 10.1 Å². The van der Waals surface area contributed by atoms with Crippen LogP contribution in [0, 0.1) is 28.7 Å². The highest BCUT2D eigenvalue weighted by atomic mass is 16.5. The summed E-state index contributed by atoms with van der Waals surface area (Å²) in [6.45, 7) is 7.96. The highest BCUT2D eigenvalue weighted by molar-refractivity contribution is 5.91. The van der Waals surface area contributed by atoms with Crippen LogP contribution in [-0.2, 0) is 0 Å². The first kappa shape index (κ1) is 16.6. The van der Waals surface area contributed by atoms with Crippen molar-refractivity contribution >= 4 is 11.5 Å². The zero-order chi connectivity index (χ0) is 17.0. The van der Waals surface area contributed by atoms with E-state index in [9.17, 15) is 0 Å². The van der Waals surface area contributed by atoms with Gasteiger partial charge in [0.25, 0.3) is 0 Å². The smallest absolute Gasteiger partial charge is 0.182 e. The quantitative estimate of drug-likeness (QED) is 0.400. The maximum Gasteiger partial charge on any atom is 0.182 e. The minimum atomic E-state index is -0.507. The third-order valence-electron chi connectivity index (χ3n) is 3.75. The van der Waals surface area contributed by atoms with E-state index in [2.05, 4.69) is 16.4 Å². The molecule has 1 N–H and O–H groups in total. The van der Waals surface area contributed by atoms with Crippen molar-refractivity contribution in [1.82, 2.24) is 5.32 Å². The first-order valence-corrected chi connectivity index (χ1v) is 7.60. The number of hydrogen-bond acceptors (Lipinski definition) is 4. The van der Waals surface area contributed by atoms with Crippen LogP contribution in [0.5, 0.6) is 5.75 Å². The Morgan fingerprint density at radius 2 is 2.13 bits per heavy atom. The third kappa shape index (κ3) is 3.70. The number of amidine groups is 1. The maximum atomic E-state index is 9.12. The molecule has 5 heteroatoms. The lowest BCUT2D eigenvalue weighted by molar-refractivity contribution is 0.158. The Kier molecular flexibility index (Phi) is 4.71. The molecule has 0 aromatic heterocycles. The number of fused-ring (bicyclic) bond motifs is 1. The van der Waals surface area contributed by atoms with E-state index in [0.29, 0.717) is 22.8 Å². The number of nitrogens with one attached hydrogen (secondary N) is 1. The lowest BCUT2D eigenvalue weighted by atomic mass is 9.97. The molecule has 1 unspecified atom stereocenters. The molecule has 0 fully saturated rings. The molecule has 1 aromatic carbocycles. The Morgan fingerprint density at radius 3 is 2.74 bits per heavy atom. The molecule has 1 heterocycles. The van der Waals surface area contributed by atoms with Crippen LogP contribution in [0.2, 0.25) is 0 Å². The Morgan fingerprint density at radius 1 is 1.39 bits per heavy atom. The van der Waals surface area contributed by atoms with Gasteiger partial charge in [0.2, 0.25) is 0 Å². The van der Waals surface area contributed by atoms with E-state index in [-0.39, 0.29) is 5.92 Å². The van der Waals surface area contributed by atoms with E-state index in [1.807, 2.05) is 40.0 Å². The van der Waals surface area contributed by atoms with Gasteiger partial charge < -0.3 is 4.74 Å². The van der Waals surface area contributed by atoms with E-state index in [1.165, 1.54) is 0 Å². The highest BCUT2D eigenvalue weighted by Gasteiger charge is 2.27. The molecule has 0 aliphatic carbocycles. The topological polar surface area (TPSA) is 81.2 Å². The largest absolute Gasteiger partial charge is 0.483 e. The highest BCUT2D eigenvalue weighted by Crippen LogP contribution is 2.37. The molecule has 0 radical (unpaired) electrons. The summed E-state index contributed by atoms with van der Waals surface area (Å²) in [5, 5.41) is 20.8. The van der Waals surface area contributed by atoms with Gasteiger partial charge in [0.1, 0.15) is 17.2 Å². The summed E-state index contributed by atoms with van der Waals surface area (Å²) in [4.78, 5) is 4.66. The van der Waals surface area contributed by atoms with Gasteiger partial charge in [-0.1, -0.05) is 13.8 Å². The van der Waals surface area contributed by atoms with Crippen molar-refractivity contribution in [3.63, 3.8) is 0 Å². The molecule has 1 aromatic rings. The van der Waals surface area contributed by atoms with Gasteiger partial charge in [0, 0.05) is 11.5 Å². The summed E-state index contributed by atoms with van der Waals surface area (Å²) in [5.74, 6) is 1.44. The van der Waals surface area contributed by atoms with Gasteiger partial charge in [0.15, 0.2) is 6.19 Å². The molecule has 2 rings (SSSR count). The normalized spacial score (nSPS) is 17.0. The first-order valence-electron chi connectivity index (χ1n) is 7.60. The Balaban J connectivity index is 2.57. The summed E-state index contributed by atoms with van der Waals surface area (Å²) in [7, 11) is 0. The molecule has 0 spiro atoms. The maximum absolute atomic E-state index is 9.12. The number of aliphatic imine (C=N–C) groups is 1. The van der Waals surface area contributed by atoms with Crippen LogP contribution in [-0.4, -0.2) is 11.4 Å². The standard InChI is InChI=1S/C18H20N4O/c1-5-12(2)17(21-11-20)22-15-9-18(3,4)23-16-7-6-13(10-19)8-14(15)16/h6-9,12H,5H2,1-4H3,(H,21,22). The fourth-order valence-corrected chi connectivity index (χ4v) is 2.34. The summed E-state index contributed by atoms with van der Waals surface area (Å²) in [5.41, 5.74) is 1.52. The second kappa shape index (κ2) is 6.54. The fraction of sp³-hybridized carbons (Fsp3) is 0.389. The number of benzene rings is 1. The Labute approximate surface area is 136 Å². The molecular weight excluding hydrogens is 288 g/mol. The van der Waals surface area contributed by atoms with Crippen LogP contribution in [0.4, 0.5) is 0 Å². The van der Waals surface area contributed by atoms with E-state index in [0.717, 1.165) is 12.0 Å². The zero-order valence-electron chi connectivity index (χ0n) is 13.8. The molecule has 1 aliphatic heterocycles. The molecule has 1 atom stereocenters. The molecule has 0 bridgehead atoms. The predicted octanol–water partition coefficient (Wildman–Crippen LogP) is 3.59. The third-order valence-corrected chi connectivity index (χ3v) is 3.75. The van der Waals surface area contributed by atoms with Crippen LogP contribution in [0.1, 0.15) is 45.2 Å². The monoisotopic (exact) mass is 308 g/mol. The van der Waals surface area contributed by atoms with Crippen LogP contribution in [0.15, 0.2) is 29.3 Å². The molecule has 118 valence electrons. The summed E-state index contributed by atoms with van der Waals surface area (Å²) in [6.07, 6.45) is 4.73. The number of hydrogen-bond donors (Lipinski definition) is 1. The van der Waals surface area contributed by atoms with E-state index in [4.69, 9.17) is 15.3 Å². The number of nitrogens with zero attached hydrogens (tertiary/aromatic N) is 3. The second-order valence-corrected chi connectivity index (χ2v) is 6.10. The predicted molar refractivity (Wildman–Crippen MR) is 89.5 cm³/mol. The second-order valence-electron chi connectivity index (χ2n) is 6.10. The molecule has 0 amide bonds. The zero-order valence-corrected chi connectivity index (χ0v) is 13.8. The van der Waals surface area contributed by atoms with Gasteiger partial charge in [-0.15, -0.1) is 0 Å². The SMILES string of the molecule is CCC(C)C(=NC1=CC(C)(C)Oc2ccc(C#N)cc21)NC#N. The van der Waals surface area contributed by atoms with Crippen LogP contribution in [0.25, 0.3) is 5.70 Å². The van der Waals surface area contributed by atoms with Crippen molar-refractivity contribution in [1.29, 1.82) is 10.5 Å². The van der Waals surface area contributed by atoms with Crippen molar-refractivity contribution in [2.75, 3.05) is 0 Å². The minimum absolute atomic E-state index is 0.129. The van der Waals surface area contributed by atoms with Crippen molar-refractivity contribution < 1.29 is 4.74 Å². The molecule has 0 saturated heterocycles. The van der Waals surface area contributed by atoms with Crippen LogP contribution in [0.3, 0.4) is 0 Å². The van der Waals surface area contributed by atoms with E-state index >= 15 is 0 Å². The van der Waals surface area contributed by atoms with Gasteiger partial charge in [-0.3, -0.25) is 5.32 Å². The van der Waals surface area contributed by atoms with Gasteiger partial charge in [-0.2, -0.15) is 10.5 Å². The summed E-state index contributed by atoms with van der Waals surface area (Å²) in [6, 6.07) is 7.41. The van der Waals surface area contributed by atoms with Crippen LogP contribution >= 0.6 is 0 Å². The number of nitriles is 2. The first-order chi connectivity index (χ1) is 10.9. The summed E-state index contributed by atoms with van der Waals surface area (Å²) >= 11 is 0. The van der Waals surface area contributed by atoms with Crippen molar-refractivity contribution in [3.05, 3.63) is 35.4 Å².